The van der Waals surface area contributed by atoms with Crippen molar-refractivity contribution in [2.24, 2.45) is 15.9 Å². The van der Waals surface area contributed by atoms with Crippen LogP contribution in [-0.2, 0) is 0 Å². The van der Waals surface area contributed by atoms with Crippen molar-refractivity contribution in [3.05, 3.63) is 72.1 Å². The van der Waals surface area contributed by atoms with E-state index in [1.54, 1.807) is 0 Å². The molecule has 1 aliphatic carbocycles. The molecule has 7 heteroatoms. The molecule has 0 fully saturated rings. The number of fused-ring (bicyclic) bond motifs is 2. The topological polar surface area (TPSA) is 91.6 Å². The Morgan fingerprint density at radius 1 is 1.28 bits per heavy atom. The Hall–Kier alpha value is -3.61. The molecule has 2 N–H and O–H groups in total. The summed E-state index contributed by atoms with van der Waals surface area (Å²) in [5, 5.41) is 6.42. The van der Waals surface area contributed by atoms with Crippen molar-refractivity contribution in [3.63, 3.8) is 0 Å². The van der Waals surface area contributed by atoms with Gasteiger partial charge in [-0.25, -0.2) is 9.97 Å². The molecule has 0 amide bonds. The van der Waals surface area contributed by atoms with Gasteiger partial charge in [0.15, 0.2) is 5.78 Å². The van der Waals surface area contributed by atoms with E-state index in [-0.39, 0.29) is 24.4 Å². The molecule has 32 heavy (non-hydrogen) atoms. The van der Waals surface area contributed by atoms with Gasteiger partial charge in [-0.1, -0.05) is 54.7 Å². The Morgan fingerprint density at radius 2 is 2.19 bits per heavy atom. The van der Waals surface area contributed by atoms with Crippen molar-refractivity contribution < 1.29 is 4.79 Å². The average molecular weight is 429 g/mol. The van der Waals surface area contributed by atoms with Crippen LogP contribution in [0.2, 0.25) is 0 Å². The molecule has 0 radical (unpaired) electrons. The maximum absolute atomic E-state index is 12.6. The Labute approximate surface area is 188 Å². The lowest BCUT2D eigenvalue weighted by Crippen LogP contribution is -2.31. The van der Waals surface area contributed by atoms with Crippen molar-refractivity contribution in [1.29, 1.82) is 0 Å². The van der Waals surface area contributed by atoms with Crippen LogP contribution in [0.15, 0.2) is 76.6 Å². The number of ketones is 1. The van der Waals surface area contributed by atoms with Crippen LogP contribution in [0.1, 0.15) is 37.0 Å². The van der Waals surface area contributed by atoms with Crippen LogP contribution in [0, 0.1) is 5.92 Å². The van der Waals surface area contributed by atoms with Gasteiger partial charge in [0.2, 0.25) is 0 Å². The Balaban J connectivity index is 1.63. The molecular weight excluding hydrogens is 400 g/mol. The number of rotatable bonds is 6. The van der Waals surface area contributed by atoms with E-state index in [1.807, 2.05) is 25.2 Å². The number of hydrogen-bond acceptors (Lipinski definition) is 7. The molecule has 3 heterocycles. The van der Waals surface area contributed by atoms with Crippen LogP contribution in [0.5, 0.6) is 0 Å². The van der Waals surface area contributed by atoms with Crippen molar-refractivity contribution in [1.82, 2.24) is 9.97 Å². The predicted octanol–water partition coefficient (Wildman–Crippen LogP) is 4.32. The van der Waals surface area contributed by atoms with E-state index in [0.717, 1.165) is 24.1 Å². The van der Waals surface area contributed by atoms with E-state index in [9.17, 15) is 4.79 Å². The number of carbonyl (C=O) groups excluding carboxylic acids is 1. The molecular formula is C25H28N6O. The number of nitrogens with one attached hydrogen (secondary N) is 2. The number of aromatic nitrogens is 2. The second kappa shape index (κ2) is 10.1. The molecule has 4 rings (SSSR count). The van der Waals surface area contributed by atoms with Gasteiger partial charge in [0.1, 0.15) is 30.1 Å². The number of hydrogen-bond donors (Lipinski definition) is 2. The zero-order chi connectivity index (χ0) is 22.3. The minimum absolute atomic E-state index is 0.0734. The minimum atomic E-state index is -0.114. The number of dihydropyridines is 1. The number of nitrogens with zero attached hydrogens (tertiary/aromatic N) is 4. The second-order valence-electron chi connectivity index (χ2n) is 7.91. The van der Waals surface area contributed by atoms with E-state index in [4.69, 9.17) is 4.99 Å². The summed E-state index contributed by atoms with van der Waals surface area (Å²) in [5.41, 5.74) is 2.63. The van der Waals surface area contributed by atoms with E-state index in [1.165, 1.54) is 12.7 Å². The summed E-state index contributed by atoms with van der Waals surface area (Å²) in [7, 11) is 0. The van der Waals surface area contributed by atoms with Crippen LogP contribution in [0.25, 0.3) is 0 Å². The third-order valence-electron chi connectivity index (χ3n) is 5.66. The quantitative estimate of drug-likeness (QED) is 0.659. The van der Waals surface area contributed by atoms with E-state index in [2.05, 4.69) is 69.0 Å². The molecule has 3 aliphatic rings. The summed E-state index contributed by atoms with van der Waals surface area (Å²) in [5.74, 6) is 1.18. The molecule has 3 atom stereocenters. The van der Waals surface area contributed by atoms with Crippen molar-refractivity contribution >= 4 is 29.5 Å². The van der Waals surface area contributed by atoms with E-state index < -0.39 is 0 Å². The first-order valence-electron chi connectivity index (χ1n) is 11.0. The third-order valence-corrected chi connectivity index (χ3v) is 5.66. The summed E-state index contributed by atoms with van der Waals surface area (Å²) < 4.78 is 0. The smallest absolute Gasteiger partial charge is 0.191 e. The van der Waals surface area contributed by atoms with Crippen LogP contribution >= 0.6 is 0 Å². The molecule has 1 aromatic rings. The zero-order valence-electron chi connectivity index (χ0n) is 18.4. The fourth-order valence-electron chi connectivity index (χ4n) is 4.06. The first-order valence-corrected chi connectivity index (χ1v) is 11.0. The monoisotopic (exact) mass is 428 g/mol. The van der Waals surface area contributed by atoms with Gasteiger partial charge in [0.25, 0.3) is 0 Å². The van der Waals surface area contributed by atoms with Gasteiger partial charge < -0.3 is 10.6 Å². The number of allylic oxidation sites excluding steroid dienone is 7. The van der Waals surface area contributed by atoms with Gasteiger partial charge in [-0.05, 0) is 25.8 Å². The number of anilines is 2. The lowest BCUT2D eigenvalue weighted by atomic mass is 9.86. The van der Waals surface area contributed by atoms with E-state index >= 15 is 0 Å². The molecule has 3 unspecified atom stereocenters. The highest BCUT2D eigenvalue weighted by atomic mass is 16.1. The molecule has 0 saturated heterocycles. The SMILES string of the molecule is C/C=C\C=C/CC1=NC2C=CC=CCC2C=C1C(C)Nc1ncnc2c1C(=O)CN=CN2. The number of Topliss-reactive ketones (excluding diaryl/α,β-unsaturated/α-hetero) is 1. The molecule has 0 aromatic carbocycles. The normalized spacial score (nSPS) is 23.1. The van der Waals surface area contributed by atoms with Crippen molar-refractivity contribution in [2.45, 2.75) is 38.8 Å². The predicted molar refractivity (Wildman–Crippen MR) is 131 cm³/mol. The lowest BCUT2D eigenvalue weighted by Gasteiger charge is -2.29. The summed E-state index contributed by atoms with van der Waals surface area (Å²) in [6.07, 6.45) is 23.7. The molecule has 1 aromatic heterocycles. The van der Waals surface area contributed by atoms with Crippen molar-refractivity contribution in [3.8, 4) is 0 Å². The largest absolute Gasteiger partial charge is 0.363 e. The third kappa shape index (κ3) is 4.82. The minimum Gasteiger partial charge on any atom is -0.363 e. The first kappa shape index (κ1) is 21.6. The highest BCUT2D eigenvalue weighted by Gasteiger charge is 2.28. The summed E-state index contributed by atoms with van der Waals surface area (Å²) >= 11 is 0. The summed E-state index contributed by atoms with van der Waals surface area (Å²) in [4.78, 5) is 30.4. The summed E-state index contributed by atoms with van der Waals surface area (Å²) in [6.45, 7) is 4.16. The molecule has 7 nitrogen and oxygen atoms in total. The number of aliphatic imine (C=N–C) groups is 2. The molecule has 0 saturated carbocycles. The average Bonchev–Trinajstić information content (AvgIpc) is 3.14. The number of carbonyl (C=O) groups is 1. The van der Waals surface area contributed by atoms with Gasteiger partial charge in [0.05, 0.1) is 18.4 Å². The maximum atomic E-state index is 12.6. The van der Waals surface area contributed by atoms with Crippen LogP contribution in [0.3, 0.4) is 0 Å². The Bertz CT molecular complexity index is 1080. The van der Waals surface area contributed by atoms with Crippen LogP contribution < -0.4 is 10.6 Å². The van der Waals surface area contributed by atoms with Gasteiger partial charge in [-0.2, -0.15) is 0 Å². The molecule has 2 aliphatic heterocycles. The van der Waals surface area contributed by atoms with Crippen molar-refractivity contribution in [2.75, 3.05) is 17.2 Å². The van der Waals surface area contributed by atoms with Gasteiger partial charge in [-0.3, -0.25) is 14.8 Å². The fraction of sp³-hybridized carbons (Fsp3) is 0.320. The highest BCUT2D eigenvalue weighted by molar-refractivity contribution is 6.09. The fourth-order valence-corrected chi connectivity index (χ4v) is 4.06. The van der Waals surface area contributed by atoms with Crippen LogP contribution in [-0.4, -0.2) is 46.4 Å². The van der Waals surface area contributed by atoms with E-state index in [0.29, 0.717) is 23.1 Å². The van der Waals surface area contributed by atoms with Gasteiger partial charge in [-0.15, -0.1) is 0 Å². The van der Waals surface area contributed by atoms with Crippen LogP contribution in [0.4, 0.5) is 11.6 Å². The molecule has 0 bridgehead atoms. The lowest BCUT2D eigenvalue weighted by molar-refractivity contribution is 0.100. The van der Waals surface area contributed by atoms with Gasteiger partial charge in [0, 0.05) is 18.1 Å². The highest BCUT2D eigenvalue weighted by Crippen LogP contribution is 2.30. The maximum Gasteiger partial charge on any atom is 0.191 e. The molecule has 164 valence electrons. The standard InChI is InChI=1S/C25H28N6O/c1-3-4-5-8-12-21-19(13-18-10-7-6-9-11-20(18)31-21)17(2)30-25-23-22(32)14-26-15-27-24(23)28-16-29-25/h3-9,11,13,15-18,20H,10,12,14H2,1-2H3,(H2,26,27,28,29,30)/b4-3-,8-5-. The summed E-state index contributed by atoms with van der Waals surface area (Å²) in [6, 6.07) is 0.0568. The molecule has 0 spiro atoms. The Kier molecular flexibility index (Phi) is 6.84. The second-order valence-corrected chi connectivity index (χ2v) is 7.91. The first-order chi connectivity index (χ1) is 15.7. The van der Waals surface area contributed by atoms with Gasteiger partial charge >= 0.3 is 0 Å². The Morgan fingerprint density at radius 3 is 3.06 bits per heavy atom. The zero-order valence-corrected chi connectivity index (χ0v) is 18.4.